The van der Waals surface area contributed by atoms with Crippen LogP contribution in [0.4, 0.5) is 0 Å². The van der Waals surface area contributed by atoms with Crippen LogP contribution in [0.25, 0.3) is 0 Å². The van der Waals surface area contributed by atoms with Crippen molar-refractivity contribution >= 4 is 0 Å². The second-order valence-electron chi connectivity index (χ2n) is 5.51. The van der Waals surface area contributed by atoms with Crippen molar-refractivity contribution in [2.75, 3.05) is 20.8 Å². The summed E-state index contributed by atoms with van der Waals surface area (Å²) < 4.78 is 10.4. The molecule has 0 bridgehead atoms. The van der Waals surface area contributed by atoms with Crippen molar-refractivity contribution in [2.45, 2.75) is 25.8 Å². The van der Waals surface area contributed by atoms with Gasteiger partial charge in [0.1, 0.15) is 11.5 Å². The van der Waals surface area contributed by atoms with Gasteiger partial charge in [-0.05, 0) is 61.7 Å². The van der Waals surface area contributed by atoms with E-state index in [1.807, 2.05) is 24.3 Å². The minimum absolute atomic E-state index is 0.451. The minimum Gasteiger partial charge on any atom is -0.497 e. The topological polar surface area (TPSA) is 30.5 Å². The Kier molecular flexibility index (Phi) is 6.28. The van der Waals surface area contributed by atoms with Crippen LogP contribution in [-0.2, 0) is 12.8 Å². The average molecular weight is 299 g/mol. The Hall–Kier alpha value is -2.00. The molecule has 2 aromatic rings. The fourth-order valence-electron chi connectivity index (χ4n) is 2.44. The molecule has 0 saturated carbocycles. The van der Waals surface area contributed by atoms with E-state index in [1.165, 1.54) is 11.1 Å². The zero-order valence-electron chi connectivity index (χ0n) is 13.6. The number of hydrogen-bond donors (Lipinski definition) is 1. The number of hydrogen-bond acceptors (Lipinski definition) is 3. The highest BCUT2D eigenvalue weighted by Crippen LogP contribution is 2.13. The molecule has 1 atom stereocenters. The lowest BCUT2D eigenvalue weighted by Crippen LogP contribution is -2.29. The maximum atomic E-state index is 5.18. The first-order chi connectivity index (χ1) is 10.7. The van der Waals surface area contributed by atoms with Crippen LogP contribution in [0.2, 0.25) is 0 Å². The molecule has 0 aromatic heterocycles. The van der Waals surface area contributed by atoms with Crippen molar-refractivity contribution in [1.82, 2.24) is 5.32 Å². The SMILES string of the molecule is COc1ccc(CCN[C@@H](C)Cc2ccc(OC)cc2)cc1. The van der Waals surface area contributed by atoms with E-state index >= 15 is 0 Å². The maximum Gasteiger partial charge on any atom is 0.118 e. The molecule has 3 nitrogen and oxygen atoms in total. The molecular weight excluding hydrogens is 274 g/mol. The number of benzene rings is 2. The summed E-state index contributed by atoms with van der Waals surface area (Å²) in [6, 6.07) is 17.0. The Morgan fingerprint density at radius 3 is 1.82 bits per heavy atom. The molecule has 3 heteroatoms. The molecule has 0 radical (unpaired) electrons. The first-order valence-corrected chi connectivity index (χ1v) is 7.70. The smallest absolute Gasteiger partial charge is 0.118 e. The Balaban J connectivity index is 1.73. The van der Waals surface area contributed by atoms with Gasteiger partial charge in [0, 0.05) is 6.04 Å². The first kappa shape index (κ1) is 16.4. The third-order valence-electron chi connectivity index (χ3n) is 3.77. The second-order valence-corrected chi connectivity index (χ2v) is 5.51. The molecule has 2 rings (SSSR count). The minimum atomic E-state index is 0.451. The van der Waals surface area contributed by atoms with Gasteiger partial charge in [-0.25, -0.2) is 0 Å². The van der Waals surface area contributed by atoms with Gasteiger partial charge in [-0.1, -0.05) is 24.3 Å². The molecule has 0 aliphatic rings. The van der Waals surface area contributed by atoms with E-state index in [2.05, 4.69) is 36.5 Å². The summed E-state index contributed by atoms with van der Waals surface area (Å²) >= 11 is 0. The van der Waals surface area contributed by atoms with Crippen LogP contribution in [0.5, 0.6) is 11.5 Å². The molecule has 0 amide bonds. The Morgan fingerprint density at radius 2 is 1.32 bits per heavy atom. The first-order valence-electron chi connectivity index (χ1n) is 7.70. The maximum absolute atomic E-state index is 5.18. The van der Waals surface area contributed by atoms with Crippen LogP contribution in [0.15, 0.2) is 48.5 Å². The Bertz CT molecular complexity index is 549. The van der Waals surface area contributed by atoms with E-state index in [0.717, 1.165) is 30.9 Å². The monoisotopic (exact) mass is 299 g/mol. The van der Waals surface area contributed by atoms with Crippen molar-refractivity contribution < 1.29 is 9.47 Å². The molecule has 2 aromatic carbocycles. The van der Waals surface area contributed by atoms with Crippen LogP contribution in [0.3, 0.4) is 0 Å². The molecule has 0 unspecified atom stereocenters. The van der Waals surface area contributed by atoms with Gasteiger partial charge in [0.05, 0.1) is 14.2 Å². The molecule has 0 heterocycles. The highest BCUT2D eigenvalue weighted by molar-refractivity contribution is 5.28. The van der Waals surface area contributed by atoms with E-state index in [4.69, 9.17) is 9.47 Å². The third kappa shape index (κ3) is 5.08. The largest absolute Gasteiger partial charge is 0.497 e. The molecule has 22 heavy (non-hydrogen) atoms. The van der Waals surface area contributed by atoms with Gasteiger partial charge in [0.15, 0.2) is 0 Å². The molecule has 0 spiro atoms. The predicted molar refractivity (Wildman–Crippen MR) is 90.9 cm³/mol. The van der Waals surface area contributed by atoms with E-state index in [9.17, 15) is 0 Å². The zero-order chi connectivity index (χ0) is 15.8. The average Bonchev–Trinajstić information content (AvgIpc) is 2.56. The lowest BCUT2D eigenvalue weighted by Gasteiger charge is -2.14. The van der Waals surface area contributed by atoms with Gasteiger partial charge in [-0.2, -0.15) is 0 Å². The lowest BCUT2D eigenvalue weighted by molar-refractivity contribution is 0.414. The fraction of sp³-hybridized carbons (Fsp3) is 0.368. The molecule has 0 saturated heterocycles. The van der Waals surface area contributed by atoms with E-state index in [0.29, 0.717) is 6.04 Å². The van der Waals surface area contributed by atoms with Crippen molar-refractivity contribution in [3.05, 3.63) is 59.7 Å². The molecule has 118 valence electrons. The van der Waals surface area contributed by atoms with Gasteiger partial charge in [0.25, 0.3) is 0 Å². The van der Waals surface area contributed by atoms with Crippen LogP contribution < -0.4 is 14.8 Å². The molecule has 0 fully saturated rings. The van der Waals surface area contributed by atoms with Crippen molar-refractivity contribution in [2.24, 2.45) is 0 Å². The number of methoxy groups -OCH3 is 2. The van der Waals surface area contributed by atoms with E-state index in [-0.39, 0.29) is 0 Å². The summed E-state index contributed by atoms with van der Waals surface area (Å²) in [5.41, 5.74) is 2.65. The van der Waals surface area contributed by atoms with Crippen LogP contribution in [0, 0.1) is 0 Å². The number of rotatable bonds is 8. The summed E-state index contributed by atoms with van der Waals surface area (Å²) in [4.78, 5) is 0. The van der Waals surface area contributed by atoms with Gasteiger partial charge >= 0.3 is 0 Å². The van der Waals surface area contributed by atoms with E-state index in [1.54, 1.807) is 14.2 Å². The van der Waals surface area contributed by atoms with Crippen molar-refractivity contribution in [3.8, 4) is 11.5 Å². The quantitative estimate of drug-likeness (QED) is 0.809. The van der Waals surface area contributed by atoms with Gasteiger partial charge in [-0.15, -0.1) is 0 Å². The fourth-order valence-corrected chi connectivity index (χ4v) is 2.44. The van der Waals surface area contributed by atoms with Crippen LogP contribution >= 0.6 is 0 Å². The summed E-state index contributed by atoms with van der Waals surface area (Å²) in [7, 11) is 3.38. The van der Waals surface area contributed by atoms with E-state index < -0.39 is 0 Å². The normalized spacial score (nSPS) is 12.0. The molecular formula is C19H25NO2. The summed E-state index contributed by atoms with van der Waals surface area (Å²) in [6.07, 6.45) is 2.05. The van der Waals surface area contributed by atoms with Gasteiger partial charge < -0.3 is 14.8 Å². The van der Waals surface area contributed by atoms with Crippen LogP contribution in [-0.4, -0.2) is 26.8 Å². The number of ether oxygens (including phenoxy) is 2. The predicted octanol–water partition coefficient (Wildman–Crippen LogP) is 3.47. The Morgan fingerprint density at radius 1 is 0.818 bits per heavy atom. The zero-order valence-corrected chi connectivity index (χ0v) is 13.6. The summed E-state index contributed by atoms with van der Waals surface area (Å²) in [6.45, 7) is 3.20. The third-order valence-corrected chi connectivity index (χ3v) is 3.77. The lowest BCUT2D eigenvalue weighted by atomic mass is 10.1. The molecule has 0 aliphatic carbocycles. The van der Waals surface area contributed by atoms with Crippen molar-refractivity contribution in [1.29, 1.82) is 0 Å². The van der Waals surface area contributed by atoms with Crippen LogP contribution in [0.1, 0.15) is 18.1 Å². The van der Waals surface area contributed by atoms with Crippen molar-refractivity contribution in [3.63, 3.8) is 0 Å². The molecule has 0 aliphatic heterocycles. The second kappa shape index (κ2) is 8.44. The number of nitrogens with one attached hydrogen (secondary N) is 1. The highest BCUT2D eigenvalue weighted by atomic mass is 16.5. The standard InChI is InChI=1S/C19H25NO2/c1-15(14-17-6-10-19(22-3)11-7-17)20-13-12-16-4-8-18(21-2)9-5-16/h4-11,15,20H,12-14H2,1-3H3/t15-/m0/s1. The summed E-state index contributed by atoms with van der Waals surface area (Å²) in [5.74, 6) is 1.81. The molecule has 1 N–H and O–H groups in total. The Labute approximate surface area is 133 Å². The van der Waals surface area contributed by atoms with Gasteiger partial charge in [-0.3, -0.25) is 0 Å². The van der Waals surface area contributed by atoms with Gasteiger partial charge in [0.2, 0.25) is 0 Å². The summed E-state index contributed by atoms with van der Waals surface area (Å²) in [5, 5.41) is 3.57. The highest BCUT2D eigenvalue weighted by Gasteiger charge is 2.03.